The first-order valence-electron chi connectivity index (χ1n) is 6.35. The van der Waals surface area contributed by atoms with Gasteiger partial charge in [0.25, 0.3) is 0 Å². The van der Waals surface area contributed by atoms with Crippen LogP contribution in [0.2, 0.25) is 0 Å². The zero-order valence-corrected chi connectivity index (χ0v) is 11.1. The standard InChI is InChI=1S/C16H16N2O/c1-10-3-4-12(7-11(10)2)8-16-17-14-6-5-13(19)9-15(14)18-16/h3-7,9,19H,8H2,1-2H3,(H,17,18). The van der Waals surface area contributed by atoms with Crippen molar-refractivity contribution >= 4 is 11.0 Å². The van der Waals surface area contributed by atoms with E-state index in [1.165, 1.54) is 16.7 Å². The van der Waals surface area contributed by atoms with Crippen molar-refractivity contribution in [1.29, 1.82) is 0 Å². The smallest absolute Gasteiger partial charge is 0.117 e. The van der Waals surface area contributed by atoms with Crippen LogP contribution in [0.3, 0.4) is 0 Å². The molecule has 2 aromatic carbocycles. The van der Waals surface area contributed by atoms with Crippen molar-refractivity contribution in [3.63, 3.8) is 0 Å². The van der Waals surface area contributed by atoms with Crippen molar-refractivity contribution < 1.29 is 5.11 Å². The Morgan fingerprint density at radius 1 is 1.05 bits per heavy atom. The second-order valence-corrected chi connectivity index (χ2v) is 4.98. The number of aromatic amines is 1. The number of rotatable bonds is 2. The van der Waals surface area contributed by atoms with E-state index < -0.39 is 0 Å². The molecule has 0 aliphatic heterocycles. The summed E-state index contributed by atoms with van der Waals surface area (Å²) in [4.78, 5) is 7.78. The van der Waals surface area contributed by atoms with Gasteiger partial charge in [-0.15, -0.1) is 0 Å². The SMILES string of the molecule is Cc1ccc(Cc2nc3ccc(O)cc3[nH]2)cc1C. The van der Waals surface area contributed by atoms with Gasteiger partial charge in [0.15, 0.2) is 0 Å². The summed E-state index contributed by atoms with van der Waals surface area (Å²) in [6.45, 7) is 4.23. The number of benzene rings is 2. The topological polar surface area (TPSA) is 48.9 Å². The number of hydrogen-bond acceptors (Lipinski definition) is 2. The number of H-pyrrole nitrogens is 1. The Labute approximate surface area is 111 Å². The predicted molar refractivity (Wildman–Crippen MR) is 76.5 cm³/mol. The van der Waals surface area contributed by atoms with Crippen LogP contribution in [0.25, 0.3) is 11.0 Å². The van der Waals surface area contributed by atoms with Crippen LogP contribution in [0.15, 0.2) is 36.4 Å². The maximum atomic E-state index is 9.45. The van der Waals surface area contributed by atoms with Crippen molar-refractivity contribution in [3.8, 4) is 5.75 Å². The zero-order valence-electron chi connectivity index (χ0n) is 11.1. The van der Waals surface area contributed by atoms with Gasteiger partial charge >= 0.3 is 0 Å². The number of aromatic nitrogens is 2. The number of hydrogen-bond donors (Lipinski definition) is 2. The maximum Gasteiger partial charge on any atom is 0.117 e. The van der Waals surface area contributed by atoms with Crippen LogP contribution >= 0.6 is 0 Å². The van der Waals surface area contributed by atoms with E-state index in [9.17, 15) is 5.11 Å². The van der Waals surface area contributed by atoms with E-state index >= 15 is 0 Å². The minimum absolute atomic E-state index is 0.258. The molecule has 1 heterocycles. The number of fused-ring (bicyclic) bond motifs is 1. The minimum Gasteiger partial charge on any atom is -0.508 e. The normalized spacial score (nSPS) is 11.1. The third kappa shape index (κ3) is 2.32. The van der Waals surface area contributed by atoms with Crippen molar-refractivity contribution in [3.05, 3.63) is 58.9 Å². The molecule has 0 aliphatic rings. The molecule has 0 unspecified atom stereocenters. The van der Waals surface area contributed by atoms with Crippen LogP contribution in [0.5, 0.6) is 5.75 Å². The zero-order chi connectivity index (χ0) is 13.4. The molecule has 0 atom stereocenters. The second kappa shape index (κ2) is 4.43. The van der Waals surface area contributed by atoms with Crippen molar-refractivity contribution in [2.75, 3.05) is 0 Å². The van der Waals surface area contributed by atoms with Gasteiger partial charge in [-0.1, -0.05) is 18.2 Å². The summed E-state index contributed by atoms with van der Waals surface area (Å²) in [5, 5.41) is 9.45. The molecule has 0 fully saturated rings. The highest BCUT2D eigenvalue weighted by atomic mass is 16.3. The quantitative estimate of drug-likeness (QED) is 0.733. The number of nitrogens with one attached hydrogen (secondary N) is 1. The number of imidazole rings is 1. The fraction of sp³-hybridized carbons (Fsp3) is 0.188. The number of aryl methyl sites for hydroxylation is 2. The van der Waals surface area contributed by atoms with E-state index in [0.29, 0.717) is 0 Å². The molecule has 0 amide bonds. The fourth-order valence-corrected chi connectivity index (χ4v) is 2.24. The molecule has 3 rings (SSSR count). The molecule has 19 heavy (non-hydrogen) atoms. The van der Waals surface area contributed by atoms with Gasteiger partial charge < -0.3 is 10.1 Å². The maximum absolute atomic E-state index is 9.45. The largest absolute Gasteiger partial charge is 0.508 e. The molecule has 0 saturated carbocycles. The van der Waals surface area contributed by atoms with Gasteiger partial charge in [-0.25, -0.2) is 4.98 Å². The second-order valence-electron chi connectivity index (χ2n) is 4.98. The Bertz CT molecular complexity index is 744. The molecule has 2 N–H and O–H groups in total. The molecule has 1 aromatic heterocycles. The summed E-state index contributed by atoms with van der Waals surface area (Å²) < 4.78 is 0. The van der Waals surface area contributed by atoms with E-state index in [2.05, 4.69) is 42.0 Å². The number of phenols is 1. The van der Waals surface area contributed by atoms with Gasteiger partial charge in [0.1, 0.15) is 11.6 Å². The summed E-state index contributed by atoms with van der Waals surface area (Å²) in [5.74, 6) is 1.18. The van der Waals surface area contributed by atoms with Gasteiger partial charge in [0, 0.05) is 12.5 Å². The van der Waals surface area contributed by atoms with Crippen LogP contribution in [0, 0.1) is 13.8 Å². The van der Waals surface area contributed by atoms with Gasteiger partial charge in [-0.2, -0.15) is 0 Å². The van der Waals surface area contributed by atoms with Gasteiger partial charge in [0.05, 0.1) is 11.0 Å². The van der Waals surface area contributed by atoms with E-state index in [1.54, 1.807) is 12.1 Å². The van der Waals surface area contributed by atoms with Crippen molar-refractivity contribution in [2.45, 2.75) is 20.3 Å². The highest BCUT2D eigenvalue weighted by Crippen LogP contribution is 2.19. The van der Waals surface area contributed by atoms with Crippen molar-refractivity contribution in [2.24, 2.45) is 0 Å². The van der Waals surface area contributed by atoms with Crippen molar-refractivity contribution in [1.82, 2.24) is 9.97 Å². The first-order valence-corrected chi connectivity index (χ1v) is 6.35. The van der Waals surface area contributed by atoms with Gasteiger partial charge in [-0.3, -0.25) is 0 Å². The summed E-state index contributed by atoms with van der Waals surface area (Å²) in [7, 11) is 0. The average molecular weight is 252 g/mol. The Kier molecular flexibility index (Phi) is 2.75. The van der Waals surface area contributed by atoms with E-state index in [0.717, 1.165) is 23.3 Å². The highest BCUT2D eigenvalue weighted by molar-refractivity contribution is 5.76. The molecule has 0 bridgehead atoms. The molecule has 96 valence electrons. The molecule has 0 spiro atoms. The minimum atomic E-state index is 0.258. The first kappa shape index (κ1) is 11.8. The van der Waals surface area contributed by atoms with Gasteiger partial charge in [-0.05, 0) is 42.7 Å². The Morgan fingerprint density at radius 3 is 2.68 bits per heavy atom. The first-order chi connectivity index (χ1) is 9.11. The molecule has 3 nitrogen and oxygen atoms in total. The molecular formula is C16H16N2O. The third-order valence-corrected chi connectivity index (χ3v) is 3.46. The van der Waals surface area contributed by atoms with Gasteiger partial charge in [0.2, 0.25) is 0 Å². The summed E-state index contributed by atoms with van der Waals surface area (Å²) in [6.07, 6.45) is 0.774. The fourth-order valence-electron chi connectivity index (χ4n) is 2.24. The lowest BCUT2D eigenvalue weighted by Crippen LogP contribution is -1.92. The monoisotopic (exact) mass is 252 g/mol. The number of nitrogens with zero attached hydrogens (tertiary/aromatic N) is 1. The lowest BCUT2D eigenvalue weighted by molar-refractivity contribution is 0.476. The lowest BCUT2D eigenvalue weighted by Gasteiger charge is -2.03. The molecule has 0 aliphatic carbocycles. The average Bonchev–Trinajstić information content (AvgIpc) is 2.75. The molecule has 0 radical (unpaired) electrons. The Hall–Kier alpha value is -2.29. The van der Waals surface area contributed by atoms with Crippen LogP contribution in [0.4, 0.5) is 0 Å². The van der Waals surface area contributed by atoms with Crippen LogP contribution in [-0.2, 0) is 6.42 Å². The molecular weight excluding hydrogens is 236 g/mol. The Morgan fingerprint density at radius 2 is 1.89 bits per heavy atom. The highest BCUT2D eigenvalue weighted by Gasteiger charge is 2.05. The molecule has 3 heteroatoms. The summed E-state index contributed by atoms with van der Waals surface area (Å²) >= 11 is 0. The van der Waals surface area contributed by atoms with E-state index in [-0.39, 0.29) is 5.75 Å². The number of phenolic OH excluding ortho intramolecular Hbond substituents is 1. The predicted octanol–water partition coefficient (Wildman–Crippen LogP) is 3.48. The summed E-state index contributed by atoms with van der Waals surface area (Å²) in [6, 6.07) is 11.6. The van der Waals surface area contributed by atoms with Crippen LogP contribution in [0.1, 0.15) is 22.5 Å². The van der Waals surface area contributed by atoms with E-state index in [4.69, 9.17) is 0 Å². The third-order valence-electron chi connectivity index (χ3n) is 3.46. The van der Waals surface area contributed by atoms with Crippen LogP contribution in [-0.4, -0.2) is 15.1 Å². The number of aromatic hydroxyl groups is 1. The molecule has 0 saturated heterocycles. The summed E-state index contributed by atoms with van der Waals surface area (Å²) in [5.41, 5.74) is 5.60. The Balaban J connectivity index is 1.94. The molecule has 3 aromatic rings. The lowest BCUT2D eigenvalue weighted by atomic mass is 10.0. The van der Waals surface area contributed by atoms with Crippen LogP contribution < -0.4 is 0 Å². The van der Waals surface area contributed by atoms with E-state index in [1.807, 2.05) is 6.07 Å².